The first-order valence-corrected chi connectivity index (χ1v) is 11.2. The third kappa shape index (κ3) is 5.07. The van der Waals surface area contributed by atoms with Gasteiger partial charge in [0.25, 0.3) is 0 Å². The normalized spacial score (nSPS) is 20.3. The Bertz CT molecular complexity index is 891. The highest BCUT2D eigenvalue weighted by Crippen LogP contribution is 2.24. The molecule has 0 saturated carbocycles. The Kier molecular flexibility index (Phi) is 6.87. The molecule has 8 heteroatoms. The highest BCUT2D eigenvalue weighted by Gasteiger charge is 2.31. The molecule has 2 unspecified atom stereocenters. The van der Waals surface area contributed by atoms with Crippen molar-refractivity contribution in [3.8, 4) is 5.75 Å². The van der Waals surface area contributed by atoms with Crippen LogP contribution in [0.5, 0.6) is 5.75 Å². The van der Waals surface area contributed by atoms with Crippen molar-refractivity contribution in [2.75, 3.05) is 33.4 Å². The van der Waals surface area contributed by atoms with Gasteiger partial charge in [0.1, 0.15) is 11.6 Å². The maximum Gasteiger partial charge on any atom is 0.226 e. The minimum atomic E-state index is -0.153. The number of nitrogens with one attached hydrogen (secondary N) is 1. The number of amides is 1. The Hall–Kier alpha value is -2.45. The van der Waals surface area contributed by atoms with E-state index in [1.165, 1.54) is 5.56 Å². The lowest BCUT2D eigenvalue weighted by Crippen LogP contribution is -2.38. The van der Waals surface area contributed by atoms with Crippen molar-refractivity contribution >= 4 is 5.91 Å². The molecule has 1 amide bonds. The number of ether oxygens (including phenoxy) is 2. The first-order valence-electron chi connectivity index (χ1n) is 11.2. The van der Waals surface area contributed by atoms with Gasteiger partial charge in [-0.2, -0.15) is 0 Å². The van der Waals surface area contributed by atoms with E-state index >= 15 is 0 Å². The number of carbonyl (C=O) groups excluding carboxylic acids is 1. The average molecular weight is 428 g/mol. The summed E-state index contributed by atoms with van der Waals surface area (Å²) in [6, 6.07) is 8.07. The van der Waals surface area contributed by atoms with Crippen molar-refractivity contribution in [1.82, 2.24) is 25.0 Å². The zero-order valence-corrected chi connectivity index (χ0v) is 18.7. The second-order valence-electron chi connectivity index (χ2n) is 8.79. The number of benzene rings is 1. The molecule has 168 valence electrons. The van der Waals surface area contributed by atoms with Crippen LogP contribution in [0.25, 0.3) is 0 Å². The first-order chi connectivity index (χ1) is 15.0. The maximum absolute atomic E-state index is 12.7. The fourth-order valence-electron chi connectivity index (χ4n) is 4.35. The Morgan fingerprint density at radius 3 is 2.90 bits per heavy atom. The van der Waals surface area contributed by atoms with E-state index in [-0.39, 0.29) is 23.8 Å². The van der Waals surface area contributed by atoms with Crippen LogP contribution in [0.4, 0.5) is 0 Å². The van der Waals surface area contributed by atoms with Gasteiger partial charge in [-0.25, -0.2) is 0 Å². The predicted octanol–water partition coefficient (Wildman–Crippen LogP) is 2.19. The van der Waals surface area contributed by atoms with Crippen molar-refractivity contribution in [2.24, 2.45) is 11.8 Å². The van der Waals surface area contributed by atoms with E-state index in [1.807, 2.05) is 12.1 Å². The number of nitrogens with zero attached hydrogens (tertiary/aromatic N) is 4. The van der Waals surface area contributed by atoms with Crippen LogP contribution in [0.3, 0.4) is 0 Å². The van der Waals surface area contributed by atoms with Gasteiger partial charge < -0.3 is 19.4 Å². The lowest BCUT2D eigenvalue weighted by molar-refractivity contribution is -0.126. The molecule has 0 spiro atoms. The van der Waals surface area contributed by atoms with Crippen LogP contribution in [0.1, 0.15) is 43.5 Å². The molecule has 2 aromatic rings. The summed E-state index contributed by atoms with van der Waals surface area (Å²) < 4.78 is 13.0. The molecular weight excluding hydrogens is 394 g/mol. The molecule has 1 N–H and O–H groups in total. The summed E-state index contributed by atoms with van der Waals surface area (Å²) in [6.45, 7) is 8.91. The fraction of sp³-hybridized carbons (Fsp3) is 0.609. The third-order valence-corrected chi connectivity index (χ3v) is 6.23. The van der Waals surface area contributed by atoms with Crippen molar-refractivity contribution in [3.63, 3.8) is 0 Å². The van der Waals surface area contributed by atoms with Crippen molar-refractivity contribution in [1.29, 1.82) is 0 Å². The van der Waals surface area contributed by atoms with Crippen LogP contribution in [0.2, 0.25) is 0 Å². The minimum absolute atomic E-state index is 0.0572. The van der Waals surface area contributed by atoms with Crippen molar-refractivity contribution in [2.45, 2.75) is 45.8 Å². The van der Waals surface area contributed by atoms with Gasteiger partial charge in [-0.3, -0.25) is 9.69 Å². The van der Waals surface area contributed by atoms with E-state index in [0.717, 1.165) is 56.4 Å². The summed E-state index contributed by atoms with van der Waals surface area (Å²) in [4.78, 5) is 15.2. The Balaban J connectivity index is 1.45. The lowest BCUT2D eigenvalue weighted by Gasteiger charge is -2.24. The molecule has 8 nitrogen and oxygen atoms in total. The van der Waals surface area contributed by atoms with E-state index < -0.39 is 0 Å². The van der Waals surface area contributed by atoms with Crippen LogP contribution in [0, 0.1) is 11.8 Å². The number of methoxy groups -OCH3 is 1. The molecule has 2 atom stereocenters. The summed E-state index contributed by atoms with van der Waals surface area (Å²) in [6.07, 6.45) is 1.63. The number of carbonyl (C=O) groups is 1. The van der Waals surface area contributed by atoms with Crippen LogP contribution in [0.15, 0.2) is 24.3 Å². The molecule has 1 aromatic carbocycles. The summed E-state index contributed by atoms with van der Waals surface area (Å²) in [5, 5.41) is 12.2. The molecular formula is C23H33N5O3. The highest BCUT2D eigenvalue weighted by atomic mass is 16.5. The third-order valence-electron chi connectivity index (χ3n) is 6.23. The topological polar surface area (TPSA) is 81.5 Å². The zero-order chi connectivity index (χ0) is 21.8. The van der Waals surface area contributed by atoms with E-state index in [2.05, 4.69) is 51.0 Å². The van der Waals surface area contributed by atoms with Crippen molar-refractivity contribution < 1.29 is 14.3 Å². The van der Waals surface area contributed by atoms with E-state index in [4.69, 9.17) is 9.47 Å². The van der Waals surface area contributed by atoms with Gasteiger partial charge in [0.15, 0.2) is 5.82 Å². The molecule has 0 aliphatic carbocycles. The number of rotatable bonds is 7. The number of aromatic nitrogens is 3. The molecule has 1 saturated heterocycles. The van der Waals surface area contributed by atoms with Gasteiger partial charge in [-0.1, -0.05) is 26.0 Å². The Morgan fingerprint density at radius 2 is 2.16 bits per heavy atom. The molecule has 2 aliphatic rings. The Labute approximate surface area is 183 Å². The van der Waals surface area contributed by atoms with Gasteiger partial charge in [0, 0.05) is 39.2 Å². The maximum atomic E-state index is 12.7. The van der Waals surface area contributed by atoms with Gasteiger partial charge in [-0.05, 0) is 30.0 Å². The van der Waals surface area contributed by atoms with Gasteiger partial charge in [0.05, 0.1) is 25.7 Å². The minimum Gasteiger partial charge on any atom is -0.497 e. The number of hydrogen-bond donors (Lipinski definition) is 1. The molecule has 4 rings (SSSR count). The fourth-order valence-corrected chi connectivity index (χ4v) is 4.35. The average Bonchev–Trinajstić information content (AvgIpc) is 3.40. The smallest absolute Gasteiger partial charge is 0.226 e. The van der Waals surface area contributed by atoms with Crippen LogP contribution in [-0.2, 0) is 29.0 Å². The van der Waals surface area contributed by atoms with Crippen LogP contribution < -0.4 is 10.1 Å². The predicted molar refractivity (Wildman–Crippen MR) is 117 cm³/mol. The highest BCUT2D eigenvalue weighted by molar-refractivity contribution is 5.79. The van der Waals surface area contributed by atoms with Gasteiger partial charge in [-0.15, -0.1) is 10.2 Å². The summed E-state index contributed by atoms with van der Waals surface area (Å²) in [7, 11) is 1.70. The van der Waals surface area contributed by atoms with Gasteiger partial charge >= 0.3 is 0 Å². The standard InChI is InChI=1S/C23H33N5O3/c1-16(2)21(24-23(29)18-8-12-31-15-18)22-26-25-20-7-9-27(10-11-28(20)22)14-17-5-4-6-19(13-17)30-3/h4-6,13,16,18,21H,7-12,14-15H2,1-3H3,(H,24,29). The molecule has 1 fully saturated rings. The quantitative estimate of drug-likeness (QED) is 0.730. The zero-order valence-electron chi connectivity index (χ0n) is 18.7. The van der Waals surface area contributed by atoms with Crippen LogP contribution in [-0.4, -0.2) is 59.0 Å². The second kappa shape index (κ2) is 9.78. The molecule has 0 bridgehead atoms. The monoisotopic (exact) mass is 427 g/mol. The molecule has 1 aromatic heterocycles. The molecule has 3 heterocycles. The van der Waals surface area contributed by atoms with Crippen molar-refractivity contribution in [3.05, 3.63) is 41.5 Å². The van der Waals surface area contributed by atoms with Crippen LogP contribution >= 0.6 is 0 Å². The largest absolute Gasteiger partial charge is 0.497 e. The summed E-state index contributed by atoms with van der Waals surface area (Å²) in [5.74, 6) is 2.95. The summed E-state index contributed by atoms with van der Waals surface area (Å²) >= 11 is 0. The first kappa shape index (κ1) is 21.8. The number of hydrogen-bond acceptors (Lipinski definition) is 6. The number of fused-ring (bicyclic) bond motifs is 1. The molecule has 0 radical (unpaired) electrons. The lowest BCUT2D eigenvalue weighted by atomic mass is 10.0. The second-order valence-corrected chi connectivity index (χ2v) is 8.79. The SMILES string of the molecule is COc1cccc(CN2CCc3nnc(C(NC(=O)C4CCOC4)C(C)C)n3CC2)c1. The Morgan fingerprint density at radius 1 is 1.29 bits per heavy atom. The molecule has 31 heavy (non-hydrogen) atoms. The van der Waals surface area contributed by atoms with Gasteiger partial charge in [0.2, 0.25) is 5.91 Å². The summed E-state index contributed by atoms with van der Waals surface area (Å²) in [5.41, 5.74) is 1.24. The molecule has 2 aliphatic heterocycles. The van der Waals surface area contributed by atoms with E-state index in [0.29, 0.717) is 13.2 Å². The van der Waals surface area contributed by atoms with E-state index in [9.17, 15) is 4.79 Å². The van der Waals surface area contributed by atoms with E-state index in [1.54, 1.807) is 7.11 Å².